The number of hydrogen-bond acceptors (Lipinski definition) is 6. The standard InChI is InChI=1S/C16H21FN4OS/c1-22-9-8-21-6-4-12(5-7-21)14-11-23-16(19-14)20-15-3-2-13(17)10-18-15/h2-3,10-12H,4-9H2,1H3,(H,18,19,20). The van der Waals surface area contributed by atoms with Crippen LogP contribution < -0.4 is 5.32 Å². The minimum Gasteiger partial charge on any atom is -0.383 e. The van der Waals surface area contributed by atoms with Gasteiger partial charge >= 0.3 is 0 Å². The zero-order valence-corrected chi connectivity index (χ0v) is 14.0. The van der Waals surface area contributed by atoms with Gasteiger partial charge in [0.1, 0.15) is 11.6 Å². The summed E-state index contributed by atoms with van der Waals surface area (Å²) in [6, 6.07) is 3.00. The van der Waals surface area contributed by atoms with Crippen molar-refractivity contribution < 1.29 is 9.13 Å². The van der Waals surface area contributed by atoms with E-state index in [2.05, 4.69) is 25.6 Å². The van der Waals surface area contributed by atoms with Crippen molar-refractivity contribution in [3.05, 3.63) is 35.2 Å². The van der Waals surface area contributed by atoms with Crippen molar-refractivity contribution in [2.75, 3.05) is 38.7 Å². The number of rotatable bonds is 6. The van der Waals surface area contributed by atoms with Crippen molar-refractivity contribution in [2.45, 2.75) is 18.8 Å². The second-order valence-corrected chi connectivity index (χ2v) is 6.53. The van der Waals surface area contributed by atoms with Crippen molar-refractivity contribution in [3.8, 4) is 0 Å². The van der Waals surface area contributed by atoms with Crippen molar-refractivity contribution in [2.24, 2.45) is 0 Å². The van der Waals surface area contributed by atoms with Crippen LogP contribution >= 0.6 is 11.3 Å². The molecule has 23 heavy (non-hydrogen) atoms. The van der Waals surface area contributed by atoms with Gasteiger partial charge in [-0.1, -0.05) is 0 Å². The molecule has 7 heteroatoms. The van der Waals surface area contributed by atoms with Crippen LogP contribution in [0.2, 0.25) is 0 Å². The quantitative estimate of drug-likeness (QED) is 0.877. The summed E-state index contributed by atoms with van der Waals surface area (Å²) in [6.07, 6.45) is 3.45. The lowest BCUT2D eigenvalue weighted by molar-refractivity contribution is 0.130. The molecule has 3 heterocycles. The maximum absolute atomic E-state index is 12.9. The van der Waals surface area contributed by atoms with E-state index in [1.165, 1.54) is 12.3 Å². The molecule has 1 saturated heterocycles. The van der Waals surface area contributed by atoms with Gasteiger partial charge in [-0.3, -0.25) is 0 Å². The number of piperidine rings is 1. The van der Waals surface area contributed by atoms with Crippen LogP contribution in [0.25, 0.3) is 0 Å². The summed E-state index contributed by atoms with van der Waals surface area (Å²) in [6.45, 7) is 3.98. The third-order valence-corrected chi connectivity index (χ3v) is 4.88. The number of halogens is 1. The second-order valence-electron chi connectivity index (χ2n) is 5.67. The maximum atomic E-state index is 12.9. The van der Waals surface area contributed by atoms with Gasteiger partial charge in [0.2, 0.25) is 0 Å². The fourth-order valence-electron chi connectivity index (χ4n) is 2.76. The Hall–Kier alpha value is -1.57. The van der Waals surface area contributed by atoms with E-state index in [1.54, 1.807) is 24.5 Å². The molecular weight excluding hydrogens is 315 g/mol. The minimum absolute atomic E-state index is 0.337. The molecule has 5 nitrogen and oxygen atoms in total. The Balaban J connectivity index is 1.54. The zero-order valence-electron chi connectivity index (χ0n) is 13.2. The topological polar surface area (TPSA) is 50.3 Å². The van der Waals surface area contributed by atoms with Crippen molar-refractivity contribution in [1.82, 2.24) is 14.9 Å². The van der Waals surface area contributed by atoms with Crippen molar-refractivity contribution in [3.63, 3.8) is 0 Å². The number of nitrogens with one attached hydrogen (secondary N) is 1. The Morgan fingerprint density at radius 3 is 2.91 bits per heavy atom. The monoisotopic (exact) mass is 336 g/mol. The Bertz CT molecular complexity index is 611. The summed E-state index contributed by atoms with van der Waals surface area (Å²) in [5.74, 6) is 0.791. The van der Waals surface area contributed by atoms with Crippen LogP contribution in [0.15, 0.2) is 23.7 Å². The van der Waals surface area contributed by atoms with Gasteiger partial charge < -0.3 is 15.0 Å². The molecule has 1 fully saturated rings. The summed E-state index contributed by atoms with van der Waals surface area (Å²) < 4.78 is 18.0. The van der Waals surface area contributed by atoms with E-state index in [0.717, 1.165) is 49.9 Å². The van der Waals surface area contributed by atoms with Gasteiger partial charge in [0, 0.05) is 25.0 Å². The molecule has 0 aliphatic carbocycles. The molecule has 2 aromatic heterocycles. The smallest absolute Gasteiger partial charge is 0.188 e. The number of anilines is 2. The van der Waals surface area contributed by atoms with E-state index in [4.69, 9.17) is 4.74 Å². The van der Waals surface area contributed by atoms with Gasteiger partial charge in [-0.25, -0.2) is 14.4 Å². The number of aromatic nitrogens is 2. The van der Waals surface area contributed by atoms with Crippen LogP contribution in [0.1, 0.15) is 24.5 Å². The summed E-state index contributed by atoms with van der Waals surface area (Å²) in [5.41, 5.74) is 1.14. The molecule has 0 atom stereocenters. The highest BCUT2D eigenvalue weighted by atomic mass is 32.1. The Kier molecular flexibility index (Phi) is 5.53. The van der Waals surface area contributed by atoms with Crippen LogP contribution in [-0.2, 0) is 4.74 Å². The summed E-state index contributed by atoms with van der Waals surface area (Å²) in [4.78, 5) is 11.1. The van der Waals surface area contributed by atoms with E-state index >= 15 is 0 Å². The molecule has 0 radical (unpaired) electrons. The molecule has 0 unspecified atom stereocenters. The number of likely N-dealkylation sites (tertiary alicyclic amines) is 1. The normalized spacial score (nSPS) is 16.6. The molecule has 0 saturated carbocycles. The number of thiazole rings is 1. The van der Waals surface area contributed by atoms with E-state index in [9.17, 15) is 4.39 Å². The molecule has 1 N–H and O–H groups in total. The number of nitrogens with zero attached hydrogens (tertiary/aromatic N) is 3. The molecule has 1 aliphatic rings. The van der Waals surface area contributed by atoms with Crippen molar-refractivity contribution in [1.29, 1.82) is 0 Å². The highest BCUT2D eigenvalue weighted by Gasteiger charge is 2.22. The maximum Gasteiger partial charge on any atom is 0.188 e. The highest BCUT2D eigenvalue weighted by molar-refractivity contribution is 7.13. The summed E-state index contributed by atoms with van der Waals surface area (Å²) >= 11 is 1.57. The largest absolute Gasteiger partial charge is 0.383 e. The molecule has 1 aliphatic heterocycles. The van der Waals surface area contributed by atoms with Crippen LogP contribution in [0.3, 0.4) is 0 Å². The first-order valence-electron chi connectivity index (χ1n) is 7.80. The van der Waals surface area contributed by atoms with Gasteiger partial charge in [-0.15, -0.1) is 11.3 Å². The summed E-state index contributed by atoms with van der Waals surface area (Å²) in [5, 5.41) is 6.05. The minimum atomic E-state index is -0.337. The Morgan fingerprint density at radius 1 is 1.39 bits per heavy atom. The van der Waals surface area contributed by atoms with Gasteiger partial charge in [-0.05, 0) is 38.1 Å². The molecule has 3 rings (SSSR count). The van der Waals surface area contributed by atoms with Gasteiger partial charge in [0.15, 0.2) is 5.13 Å². The van der Waals surface area contributed by atoms with Crippen molar-refractivity contribution >= 4 is 22.3 Å². The Morgan fingerprint density at radius 2 is 2.22 bits per heavy atom. The first kappa shape index (κ1) is 16.3. The van der Waals surface area contributed by atoms with Gasteiger partial charge in [0.25, 0.3) is 0 Å². The lowest BCUT2D eigenvalue weighted by atomic mass is 9.94. The van der Waals surface area contributed by atoms with E-state index in [1.807, 2.05) is 0 Å². The number of hydrogen-bond donors (Lipinski definition) is 1. The van der Waals surface area contributed by atoms with Gasteiger partial charge in [0.05, 0.1) is 18.5 Å². The number of pyridine rings is 1. The number of methoxy groups -OCH3 is 1. The van der Waals surface area contributed by atoms with Crippen LogP contribution in [-0.4, -0.2) is 48.2 Å². The molecule has 0 spiro atoms. The highest BCUT2D eigenvalue weighted by Crippen LogP contribution is 2.31. The summed E-state index contributed by atoms with van der Waals surface area (Å²) in [7, 11) is 1.74. The zero-order chi connectivity index (χ0) is 16.1. The third kappa shape index (κ3) is 4.46. The number of ether oxygens (including phenoxy) is 1. The van der Waals surface area contributed by atoms with Gasteiger partial charge in [-0.2, -0.15) is 0 Å². The SMILES string of the molecule is COCCN1CCC(c2csc(Nc3ccc(F)cn3)n2)CC1. The lowest BCUT2D eigenvalue weighted by Gasteiger charge is -2.30. The second kappa shape index (κ2) is 7.81. The van der Waals surface area contributed by atoms with Crippen LogP contribution in [0, 0.1) is 5.82 Å². The third-order valence-electron chi connectivity index (χ3n) is 4.10. The van der Waals surface area contributed by atoms with E-state index in [-0.39, 0.29) is 5.82 Å². The fraction of sp³-hybridized carbons (Fsp3) is 0.500. The molecule has 124 valence electrons. The predicted octanol–water partition coefficient (Wildman–Crippen LogP) is 3.25. The Labute approximate surface area is 139 Å². The average molecular weight is 336 g/mol. The van der Waals surface area contributed by atoms with E-state index in [0.29, 0.717) is 11.7 Å². The molecule has 2 aromatic rings. The molecule has 0 aromatic carbocycles. The lowest BCUT2D eigenvalue weighted by Crippen LogP contribution is -2.35. The molecule has 0 bridgehead atoms. The first-order valence-corrected chi connectivity index (χ1v) is 8.68. The fourth-order valence-corrected chi connectivity index (χ4v) is 3.56. The molecular formula is C16H21FN4OS. The average Bonchev–Trinajstić information content (AvgIpc) is 3.04. The predicted molar refractivity (Wildman–Crippen MR) is 89.9 cm³/mol. The first-order chi connectivity index (χ1) is 11.2. The van der Waals surface area contributed by atoms with E-state index < -0.39 is 0 Å². The molecule has 0 amide bonds. The van der Waals surface area contributed by atoms with Crippen LogP contribution in [0.5, 0.6) is 0 Å². The van der Waals surface area contributed by atoms with Crippen LogP contribution in [0.4, 0.5) is 15.3 Å².